The monoisotopic (exact) mass is 690 g/mol. The number of hydrogen-bond acceptors (Lipinski definition) is 7. The molecule has 2 N–H and O–H groups in total. The molecule has 3 aliphatic heterocycles. The highest BCUT2D eigenvalue weighted by atomic mass is 16.5. The fourth-order valence-electron chi connectivity index (χ4n) is 6.01. The second-order valence-electron chi connectivity index (χ2n) is 12.7. The Morgan fingerprint density at radius 2 is 1.27 bits per heavy atom. The molecule has 0 saturated carbocycles. The number of benzene rings is 4. The maximum Gasteiger partial charge on any atom is 0.310 e. The third-order valence-electron chi connectivity index (χ3n) is 9.33. The number of methoxy groups -OCH3 is 2. The van der Waals surface area contributed by atoms with Crippen LogP contribution in [0.4, 0.5) is 11.4 Å². The van der Waals surface area contributed by atoms with Gasteiger partial charge >= 0.3 is 5.97 Å². The summed E-state index contributed by atoms with van der Waals surface area (Å²) in [5.74, 6) is -0.0560. The number of rotatable bonds is 8. The Balaban J connectivity index is 0.000000170. The number of aliphatic carboxylic acids is 1. The van der Waals surface area contributed by atoms with Crippen LogP contribution in [-0.2, 0) is 22.6 Å². The molecule has 3 heterocycles. The van der Waals surface area contributed by atoms with Crippen molar-refractivity contribution in [3.05, 3.63) is 118 Å². The van der Waals surface area contributed by atoms with Gasteiger partial charge in [-0.3, -0.25) is 14.4 Å². The van der Waals surface area contributed by atoms with Crippen LogP contribution in [0.15, 0.2) is 84.9 Å². The van der Waals surface area contributed by atoms with Crippen molar-refractivity contribution in [2.24, 2.45) is 0 Å². The zero-order chi connectivity index (χ0) is 36.7. The minimum atomic E-state index is -0.866. The number of aliphatic hydroxyl groups is 1. The smallest absolute Gasteiger partial charge is 0.310 e. The first kappa shape index (κ1) is 37.1. The lowest BCUT2D eigenvalue weighted by Gasteiger charge is -2.17. The van der Waals surface area contributed by atoms with Gasteiger partial charge in [0.2, 0.25) is 0 Å². The zero-order valence-corrected chi connectivity index (χ0v) is 29.4. The Morgan fingerprint density at radius 1 is 0.804 bits per heavy atom. The summed E-state index contributed by atoms with van der Waals surface area (Å²) in [6.45, 7) is 5.67. The highest BCUT2D eigenvalue weighted by Crippen LogP contribution is 2.33. The van der Waals surface area contributed by atoms with Gasteiger partial charge in [0.1, 0.15) is 19.3 Å². The standard InChI is InChI=1S/C18H17NO4.C18H19NO3.C4H7BO/c1-11(18(21)22)12-3-6-14(7-4-12)19-10-13-5-8-15(23-2)9-16(13)17(19)20;1-12(11-20)13-3-6-15(7-4-13)19-10-14-5-8-16(22-2)9-17(14)18(19)21;5-4-2-1-3-6-4/h3-9,11H,10H2,1-2H3,(H,21,22);3-9,12,20H,10-11H2,1-2H3;4H,1-3H2. The molecule has 3 unspecified atom stereocenters. The van der Waals surface area contributed by atoms with E-state index in [1.54, 1.807) is 67.3 Å². The van der Waals surface area contributed by atoms with Gasteiger partial charge in [-0.05, 0) is 90.6 Å². The molecule has 0 aromatic heterocycles. The normalized spacial score (nSPS) is 17.0. The maximum atomic E-state index is 12.6. The van der Waals surface area contributed by atoms with Crippen molar-refractivity contribution in [1.29, 1.82) is 0 Å². The number of hydrogen-bond donors (Lipinski definition) is 2. The lowest BCUT2D eigenvalue weighted by molar-refractivity contribution is -0.138. The molecule has 1 saturated heterocycles. The second-order valence-corrected chi connectivity index (χ2v) is 12.7. The van der Waals surface area contributed by atoms with Gasteiger partial charge in [0.15, 0.2) is 0 Å². The molecule has 2 amide bonds. The zero-order valence-electron chi connectivity index (χ0n) is 29.4. The van der Waals surface area contributed by atoms with Crippen molar-refractivity contribution in [2.75, 3.05) is 37.2 Å². The fraction of sp³-hybridized carbons (Fsp3) is 0.325. The second kappa shape index (κ2) is 16.7. The maximum absolute atomic E-state index is 12.6. The minimum absolute atomic E-state index is 0.00291. The van der Waals surface area contributed by atoms with Crippen molar-refractivity contribution in [3.8, 4) is 11.5 Å². The van der Waals surface area contributed by atoms with E-state index in [0.29, 0.717) is 41.3 Å². The van der Waals surface area contributed by atoms with Crippen molar-refractivity contribution in [2.45, 2.75) is 57.6 Å². The van der Waals surface area contributed by atoms with Crippen LogP contribution < -0.4 is 19.3 Å². The van der Waals surface area contributed by atoms with Crippen LogP contribution in [0.5, 0.6) is 11.5 Å². The van der Waals surface area contributed by atoms with Crippen LogP contribution in [0.2, 0.25) is 0 Å². The van der Waals surface area contributed by atoms with Crippen molar-refractivity contribution < 1.29 is 38.8 Å². The Hall–Kier alpha value is -5.13. The van der Waals surface area contributed by atoms with E-state index in [4.69, 9.17) is 27.2 Å². The van der Waals surface area contributed by atoms with Crippen LogP contribution in [0.1, 0.15) is 81.5 Å². The number of carboxylic acid groups (broad SMARTS) is 1. The van der Waals surface area contributed by atoms with E-state index in [9.17, 15) is 19.5 Å². The van der Waals surface area contributed by atoms with Gasteiger partial charge in [-0.15, -0.1) is 0 Å². The van der Waals surface area contributed by atoms with Crippen molar-refractivity contribution in [1.82, 2.24) is 0 Å². The molecule has 264 valence electrons. The summed E-state index contributed by atoms with van der Waals surface area (Å²) in [4.78, 5) is 39.6. The van der Waals surface area contributed by atoms with Crippen LogP contribution in [-0.4, -0.2) is 69.3 Å². The quantitative estimate of drug-likeness (QED) is 0.207. The Kier molecular flexibility index (Phi) is 12.2. The van der Waals surface area contributed by atoms with Gasteiger partial charge in [0.25, 0.3) is 11.8 Å². The molecule has 7 rings (SSSR count). The molecule has 10 nitrogen and oxygen atoms in total. The predicted octanol–water partition coefficient (Wildman–Crippen LogP) is 6.29. The number of carbonyl (C=O) groups excluding carboxylic acids is 2. The average molecular weight is 691 g/mol. The molecule has 3 aliphatic rings. The number of anilines is 2. The highest BCUT2D eigenvalue weighted by molar-refractivity contribution is 6.11. The van der Waals surface area contributed by atoms with Crippen LogP contribution in [0.3, 0.4) is 0 Å². The highest BCUT2D eigenvalue weighted by Gasteiger charge is 2.30. The van der Waals surface area contributed by atoms with Crippen LogP contribution in [0.25, 0.3) is 0 Å². The molecule has 0 spiro atoms. The third-order valence-corrected chi connectivity index (χ3v) is 9.33. The SMILES string of the molecule is COc1ccc2c(c1)C(=O)N(c1ccc(C(C)C(=O)O)cc1)C2.COc1ccc2c(c1)C(=O)N(c1ccc(C(C)CO)cc1)C2.[B]C1CCCO1. The first-order chi connectivity index (χ1) is 24.5. The summed E-state index contributed by atoms with van der Waals surface area (Å²) in [7, 11) is 8.48. The number of amides is 2. The predicted molar refractivity (Wildman–Crippen MR) is 196 cm³/mol. The van der Waals surface area contributed by atoms with Gasteiger partial charge in [-0.1, -0.05) is 43.3 Å². The molecule has 0 bridgehead atoms. The van der Waals surface area contributed by atoms with E-state index < -0.39 is 11.9 Å². The molecule has 2 radical (unpaired) electrons. The van der Waals surface area contributed by atoms with Gasteiger partial charge in [0.05, 0.1) is 33.2 Å². The van der Waals surface area contributed by atoms with Gasteiger partial charge < -0.3 is 34.2 Å². The van der Waals surface area contributed by atoms with Gasteiger partial charge in [-0.25, -0.2) is 0 Å². The fourth-order valence-corrected chi connectivity index (χ4v) is 6.01. The van der Waals surface area contributed by atoms with Crippen LogP contribution >= 0.6 is 0 Å². The summed E-state index contributed by atoms with van der Waals surface area (Å²) in [5.41, 5.74) is 6.72. The number of ether oxygens (including phenoxy) is 3. The molecular formula is C40H43BN2O8. The van der Waals surface area contributed by atoms with E-state index in [0.717, 1.165) is 47.5 Å². The molecular weight excluding hydrogens is 647 g/mol. The molecule has 1 fully saturated rings. The molecule has 11 heteroatoms. The van der Waals surface area contributed by atoms with E-state index >= 15 is 0 Å². The third kappa shape index (κ3) is 8.61. The summed E-state index contributed by atoms with van der Waals surface area (Å²) in [6, 6.07) is 26.0. The number of aliphatic hydroxyl groups excluding tert-OH is 1. The molecule has 4 aromatic rings. The Labute approximate surface area is 300 Å². The van der Waals surface area contributed by atoms with E-state index in [2.05, 4.69) is 0 Å². The average Bonchev–Trinajstić information content (AvgIpc) is 3.87. The summed E-state index contributed by atoms with van der Waals surface area (Å²) in [5, 5.41) is 18.3. The lowest BCUT2D eigenvalue weighted by Crippen LogP contribution is -2.23. The van der Waals surface area contributed by atoms with Crippen LogP contribution in [0, 0.1) is 0 Å². The number of carboxylic acids is 1. The molecule has 51 heavy (non-hydrogen) atoms. The molecule has 0 aliphatic carbocycles. The number of carbonyl (C=O) groups is 3. The number of fused-ring (bicyclic) bond motifs is 2. The first-order valence-electron chi connectivity index (χ1n) is 16.9. The van der Waals surface area contributed by atoms with E-state index in [1.807, 2.05) is 55.5 Å². The largest absolute Gasteiger partial charge is 0.497 e. The van der Waals surface area contributed by atoms with Gasteiger partial charge in [0, 0.05) is 47.6 Å². The lowest BCUT2D eigenvalue weighted by atomic mass is 9.98. The molecule has 3 atom stereocenters. The van der Waals surface area contributed by atoms with E-state index in [1.165, 1.54) is 0 Å². The summed E-state index contributed by atoms with van der Waals surface area (Å²) < 4.78 is 15.3. The Morgan fingerprint density at radius 3 is 1.63 bits per heavy atom. The number of nitrogens with zero attached hydrogens (tertiary/aromatic N) is 2. The molecule has 4 aromatic carbocycles. The topological polar surface area (TPSA) is 126 Å². The van der Waals surface area contributed by atoms with Gasteiger partial charge in [-0.2, -0.15) is 0 Å². The summed E-state index contributed by atoms with van der Waals surface area (Å²) >= 11 is 0. The summed E-state index contributed by atoms with van der Waals surface area (Å²) in [6.07, 6.45) is 2.18. The van der Waals surface area contributed by atoms with Crippen molar-refractivity contribution >= 4 is 37.0 Å². The van der Waals surface area contributed by atoms with Crippen molar-refractivity contribution in [3.63, 3.8) is 0 Å². The van der Waals surface area contributed by atoms with E-state index in [-0.39, 0.29) is 30.3 Å². The minimum Gasteiger partial charge on any atom is -0.497 e. The first-order valence-corrected chi connectivity index (χ1v) is 16.9. The Bertz CT molecular complexity index is 1840.